The SMILES string of the molecule is CCC(C)C(=O)OC1C(C)CC2CC1OC2=O. The lowest BCUT2D eigenvalue weighted by atomic mass is 9.81. The molecule has 4 nitrogen and oxygen atoms in total. The Morgan fingerprint density at radius 1 is 1.53 bits per heavy atom. The fraction of sp³-hybridized carbons (Fsp3) is 0.846. The van der Waals surface area contributed by atoms with E-state index in [2.05, 4.69) is 0 Å². The summed E-state index contributed by atoms with van der Waals surface area (Å²) in [5.41, 5.74) is 0. The van der Waals surface area contributed by atoms with Crippen LogP contribution in [0, 0.1) is 17.8 Å². The second-order valence-corrected chi connectivity index (χ2v) is 5.33. The lowest BCUT2D eigenvalue weighted by molar-refractivity contribution is -0.167. The fourth-order valence-electron chi connectivity index (χ4n) is 2.62. The van der Waals surface area contributed by atoms with Crippen molar-refractivity contribution in [2.24, 2.45) is 17.8 Å². The van der Waals surface area contributed by atoms with Crippen LogP contribution in [0.2, 0.25) is 0 Å². The van der Waals surface area contributed by atoms with Gasteiger partial charge in [0.05, 0.1) is 11.8 Å². The minimum Gasteiger partial charge on any atom is -0.458 e. The van der Waals surface area contributed by atoms with E-state index in [1.165, 1.54) is 0 Å². The molecular weight excluding hydrogens is 220 g/mol. The molecule has 5 atom stereocenters. The summed E-state index contributed by atoms with van der Waals surface area (Å²) in [5, 5.41) is 0. The Labute approximate surface area is 102 Å². The van der Waals surface area contributed by atoms with Crippen molar-refractivity contribution in [1.82, 2.24) is 0 Å². The summed E-state index contributed by atoms with van der Waals surface area (Å²) in [6.45, 7) is 5.84. The Morgan fingerprint density at radius 3 is 2.88 bits per heavy atom. The third-order valence-corrected chi connectivity index (χ3v) is 3.97. The molecule has 0 spiro atoms. The highest BCUT2D eigenvalue weighted by Gasteiger charge is 2.48. The summed E-state index contributed by atoms with van der Waals surface area (Å²) in [4.78, 5) is 23.2. The monoisotopic (exact) mass is 240 g/mol. The summed E-state index contributed by atoms with van der Waals surface area (Å²) in [6, 6.07) is 0. The molecule has 4 heteroatoms. The van der Waals surface area contributed by atoms with Crippen molar-refractivity contribution in [3.8, 4) is 0 Å². The van der Waals surface area contributed by atoms with Crippen LogP contribution in [-0.4, -0.2) is 24.1 Å². The molecule has 2 fully saturated rings. The van der Waals surface area contributed by atoms with Crippen LogP contribution in [0.5, 0.6) is 0 Å². The Morgan fingerprint density at radius 2 is 2.24 bits per heavy atom. The van der Waals surface area contributed by atoms with Crippen molar-refractivity contribution in [3.05, 3.63) is 0 Å². The van der Waals surface area contributed by atoms with Gasteiger partial charge in [0.1, 0.15) is 12.2 Å². The van der Waals surface area contributed by atoms with E-state index in [0.29, 0.717) is 6.42 Å². The van der Waals surface area contributed by atoms with Crippen LogP contribution in [0.15, 0.2) is 0 Å². The molecule has 5 unspecified atom stereocenters. The largest absolute Gasteiger partial charge is 0.458 e. The Kier molecular flexibility index (Phi) is 3.40. The molecule has 1 saturated carbocycles. The van der Waals surface area contributed by atoms with Crippen molar-refractivity contribution in [2.45, 2.75) is 52.2 Å². The zero-order valence-electron chi connectivity index (χ0n) is 10.6. The summed E-state index contributed by atoms with van der Waals surface area (Å²) >= 11 is 0. The van der Waals surface area contributed by atoms with E-state index >= 15 is 0 Å². The molecule has 1 aliphatic carbocycles. The van der Waals surface area contributed by atoms with Crippen molar-refractivity contribution >= 4 is 11.9 Å². The fourth-order valence-corrected chi connectivity index (χ4v) is 2.62. The molecular formula is C13H20O4. The minimum absolute atomic E-state index is 0.0218. The molecule has 2 rings (SSSR count). The Balaban J connectivity index is 2.01. The topological polar surface area (TPSA) is 52.6 Å². The number of ether oxygens (including phenoxy) is 2. The maximum Gasteiger partial charge on any atom is 0.309 e. The van der Waals surface area contributed by atoms with Crippen LogP contribution in [0.25, 0.3) is 0 Å². The normalized spacial score (nSPS) is 37.5. The molecule has 0 aromatic carbocycles. The predicted octanol–water partition coefficient (Wildman–Crippen LogP) is 1.92. The zero-order valence-corrected chi connectivity index (χ0v) is 10.6. The third kappa shape index (κ3) is 2.31. The number of fused-ring (bicyclic) bond motifs is 2. The summed E-state index contributed by atoms with van der Waals surface area (Å²) in [6.07, 6.45) is 1.78. The first-order valence-electron chi connectivity index (χ1n) is 6.43. The van der Waals surface area contributed by atoms with Gasteiger partial charge in [0.25, 0.3) is 0 Å². The van der Waals surface area contributed by atoms with Crippen LogP contribution in [0.1, 0.15) is 40.0 Å². The van der Waals surface area contributed by atoms with Crippen LogP contribution >= 0.6 is 0 Å². The van der Waals surface area contributed by atoms with Gasteiger partial charge in [-0.15, -0.1) is 0 Å². The highest BCUT2D eigenvalue weighted by Crippen LogP contribution is 2.39. The first kappa shape index (κ1) is 12.4. The molecule has 96 valence electrons. The van der Waals surface area contributed by atoms with Gasteiger partial charge < -0.3 is 9.47 Å². The number of rotatable bonds is 3. The van der Waals surface area contributed by atoms with Gasteiger partial charge in [-0.25, -0.2) is 0 Å². The number of carbonyl (C=O) groups excluding carboxylic acids is 2. The molecule has 1 saturated heterocycles. The number of carbonyl (C=O) groups is 2. The smallest absolute Gasteiger partial charge is 0.309 e. The summed E-state index contributed by atoms with van der Waals surface area (Å²) < 4.78 is 10.8. The van der Waals surface area contributed by atoms with Crippen LogP contribution in [0.4, 0.5) is 0 Å². The van der Waals surface area contributed by atoms with Crippen LogP contribution in [-0.2, 0) is 19.1 Å². The third-order valence-electron chi connectivity index (χ3n) is 3.97. The van der Waals surface area contributed by atoms with E-state index in [1.54, 1.807) is 0 Å². The van der Waals surface area contributed by atoms with Gasteiger partial charge >= 0.3 is 11.9 Å². The average molecular weight is 240 g/mol. The molecule has 0 radical (unpaired) electrons. The molecule has 1 aliphatic heterocycles. The van der Waals surface area contributed by atoms with Crippen LogP contribution < -0.4 is 0 Å². The first-order chi connectivity index (χ1) is 8.02. The van der Waals surface area contributed by atoms with E-state index in [-0.39, 0.29) is 41.9 Å². The van der Waals surface area contributed by atoms with Gasteiger partial charge in [0.15, 0.2) is 0 Å². The quantitative estimate of drug-likeness (QED) is 0.707. The Hall–Kier alpha value is -1.06. The van der Waals surface area contributed by atoms with Gasteiger partial charge in [-0.3, -0.25) is 9.59 Å². The van der Waals surface area contributed by atoms with E-state index in [1.807, 2.05) is 20.8 Å². The molecule has 1 heterocycles. The second-order valence-electron chi connectivity index (χ2n) is 5.33. The highest BCUT2D eigenvalue weighted by molar-refractivity contribution is 5.76. The maximum atomic E-state index is 11.8. The standard InChI is InChI=1S/C13H20O4/c1-4-7(2)12(14)17-11-8(3)5-9-6-10(11)16-13(9)15/h7-11H,4-6H2,1-3H3. The molecule has 2 aliphatic rings. The molecule has 0 amide bonds. The number of esters is 2. The second kappa shape index (κ2) is 4.67. The number of hydrogen-bond donors (Lipinski definition) is 0. The van der Waals surface area contributed by atoms with E-state index in [9.17, 15) is 9.59 Å². The lowest BCUT2D eigenvalue weighted by Crippen LogP contribution is -2.40. The minimum atomic E-state index is -0.251. The molecule has 0 N–H and O–H groups in total. The van der Waals surface area contributed by atoms with Gasteiger partial charge in [-0.1, -0.05) is 20.8 Å². The number of hydrogen-bond acceptors (Lipinski definition) is 4. The highest BCUT2D eigenvalue weighted by atomic mass is 16.6. The van der Waals surface area contributed by atoms with Gasteiger partial charge in [-0.2, -0.15) is 0 Å². The molecule has 2 bridgehead atoms. The Bertz CT molecular complexity index is 325. The van der Waals surface area contributed by atoms with Gasteiger partial charge in [-0.05, 0) is 18.8 Å². The summed E-state index contributed by atoms with van der Waals surface area (Å²) in [7, 11) is 0. The molecule has 0 aromatic rings. The van der Waals surface area contributed by atoms with Crippen LogP contribution in [0.3, 0.4) is 0 Å². The van der Waals surface area contributed by atoms with Gasteiger partial charge in [0, 0.05) is 6.42 Å². The van der Waals surface area contributed by atoms with E-state index < -0.39 is 0 Å². The zero-order chi connectivity index (χ0) is 12.6. The van der Waals surface area contributed by atoms with Gasteiger partial charge in [0.2, 0.25) is 0 Å². The predicted molar refractivity (Wildman–Crippen MR) is 61.1 cm³/mol. The van der Waals surface area contributed by atoms with Crippen molar-refractivity contribution in [1.29, 1.82) is 0 Å². The first-order valence-corrected chi connectivity index (χ1v) is 6.43. The average Bonchev–Trinajstić information content (AvgIpc) is 2.60. The van der Waals surface area contributed by atoms with E-state index in [4.69, 9.17) is 9.47 Å². The van der Waals surface area contributed by atoms with Crippen molar-refractivity contribution in [2.75, 3.05) is 0 Å². The van der Waals surface area contributed by atoms with E-state index in [0.717, 1.165) is 12.8 Å². The van der Waals surface area contributed by atoms with Crippen molar-refractivity contribution in [3.63, 3.8) is 0 Å². The molecule has 0 aromatic heterocycles. The lowest BCUT2D eigenvalue weighted by Gasteiger charge is -2.31. The van der Waals surface area contributed by atoms with Crippen molar-refractivity contribution < 1.29 is 19.1 Å². The maximum absolute atomic E-state index is 11.8. The molecule has 17 heavy (non-hydrogen) atoms. The summed E-state index contributed by atoms with van der Waals surface area (Å²) in [5.74, 6) is -0.154.